The fourth-order valence-corrected chi connectivity index (χ4v) is 9.25. The maximum absolute atomic E-state index is 14.2. The Morgan fingerprint density at radius 1 is 0.566 bits per heavy atom. The van der Waals surface area contributed by atoms with Gasteiger partial charge in [-0.3, -0.25) is 28.8 Å². The van der Waals surface area contributed by atoms with Crippen molar-refractivity contribution in [2.75, 3.05) is 14.1 Å². The van der Waals surface area contributed by atoms with Gasteiger partial charge >= 0.3 is 0 Å². The topological polar surface area (TPSA) is 260 Å². The van der Waals surface area contributed by atoms with Crippen LogP contribution in [-0.4, -0.2) is 116 Å². The van der Waals surface area contributed by atoms with Crippen molar-refractivity contribution >= 4 is 60.3 Å². The highest BCUT2D eigenvalue weighted by molar-refractivity contribution is 5.95. The minimum Gasteiger partial charge on any atom is -0.347 e. The maximum Gasteiger partial charge on any atom is 0.243 e. The molecule has 76 heavy (non-hydrogen) atoms. The summed E-state index contributed by atoms with van der Waals surface area (Å²) in [5.41, 5.74) is 4.08. The molecule has 6 amide bonds. The number of aromatic nitrogens is 6. The zero-order valence-corrected chi connectivity index (χ0v) is 47.2. The molecule has 2 aliphatic rings. The second kappa shape index (κ2) is 28.2. The van der Waals surface area contributed by atoms with Gasteiger partial charge in [-0.15, -0.1) is 35.0 Å². The van der Waals surface area contributed by atoms with E-state index in [9.17, 15) is 28.8 Å². The van der Waals surface area contributed by atoms with Crippen LogP contribution >= 0.6 is 24.8 Å². The number of halogens is 2. The zero-order valence-electron chi connectivity index (χ0n) is 45.6. The van der Waals surface area contributed by atoms with Crippen molar-refractivity contribution < 1.29 is 28.8 Å². The smallest absolute Gasteiger partial charge is 0.243 e. The number of rotatable bonds is 22. The lowest BCUT2D eigenvalue weighted by Crippen LogP contribution is -2.60. The molecule has 0 bridgehead atoms. The van der Waals surface area contributed by atoms with Crippen LogP contribution in [0.2, 0.25) is 0 Å². The molecule has 2 heterocycles. The Labute approximate surface area is 459 Å². The molecule has 416 valence electrons. The quantitative estimate of drug-likeness (QED) is 0.0525. The van der Waals surface area contributed by atoms with Crippen molar-refractivity contribution in [1.82, 2.24) is 72.5 Å². The van der Waals surface area contributed by atoms with Crippen LogP contribution in [0.3, 0.4) is 0 Å². The molecule has 8 N–H and O–H groups in total. The lowest BCUT2D eigenvalue weighted by atomic mass is 9.85. The molecular formula is C54H80Cl2N14O6. The van der Waals surface area contributed by atoms with Crippen LogP contribution in [0.25, 0.3) is 0 Å². The Hall–Kier alpha value is -6.22. The van der Waals surface area contributed by atoms with Gasteiger partial charge in [0, 0.05) is 25.2 Å². The number of nitrogens with zero attached hydrogens (tertiary/aromatic N) is 6. The lowest BCUT2D eigenvalue weighted by Gasteiger charge is -2.33. The van der Waals surface area contributed by atoms with Crippen LogP contribution in [-0.2, 0) is 67.5 Å². The highest BCUT2D eigenvalue weighted by atomic mass is 35.5. The third kappa shape index (κ3) is 17.1. The van der Waals surface area contributed by atoms with Gasteiger partial charge in [-0.05, 0) is 99.6 Å². The number of carbonyl (C=O) groups excluding carboxylic acids is 6. The summed E-state index contributed by atoms with van der Waals surface area (Å²) in [6.07, 6.45) is 12.5. The number of allylic oxidation sites excluding steroid dienone is 2. The molecule has 0 saturated heterocycles. The Bertz CT molecular complexity index is 2450. The van der Waals surface area contributed by atoms with Crippen molar-refractivity contribution in [3.8, 4) is 0 Å². The molecule has 2 aliphatic carbocycles. The van der Waals surface area contributed by atoms with Gasteiger partial charge in [0.1, 0.15) is 24.2 Å². The van der Waals surface area contributed by atoms with E-state index in [0.29, 0.717) is 24.5 Å². The van der Waals surface area contributed by atoms with Gasteiger partial charge < -0.3 is 42.5 Å². The SMILES string of the molecule is CN[C@@H](C)C(=O)NC(C(=O)N[C@@H](Cc1cn(C/C=C\Cn2cc(C[C@H](NC(=O)[C@@H](NC(=O)[C@H](C)NC)C(C)(C)C)C(=O)N[C@@H]3CCCc4ccccc43)nn2)nn1)C(=O)NC1CCCc2ccccc21)C(C)(C)C.Cl.Cl. The van der Waals surface area contributed by atoms with E-state index in [1.807, 2.05) is 90.1 Å². The van der Waals surface area contributed by atoms with Crippen LogP contribution in [0, 0.1) is 10.8 Å². The first kappa shape index (κ1) is 62.3. The van der Waals surface area contributed by atoms with E-state index in [-0.39, 0.29) is 73.4 Å². The highest BCUT2D eigenvalue weighted by Gasteiger charge is 2.38. The maximum atomic E-state index is 14.2. The number of hydrogen-bond acceptors (Lipinski definition) is 12. The first-order chi connectivity index (χ1) is 35.1. The van der Waals surface area contributed by atoms with E-state index in [1.54, 1.807) is 49.7 Å². The van der Waals surface area contributed by atoms with E-state index in [4.69, 9.17) is 0 Å². The van der Waals surface area contributed by atoms with Crippen LogP contribution in [0.4, 0.5) is 0 Å². The second-order valence-corrected chi connectivity index (χ2v) is 21.8. The summed E-state index contributed by atoms with van der Waals surface area (Å²) in [7, 11) is 3.33. The summed E-state index contributed by atoms with van der Waals surface area (Å²) in [6, 6.07) is 10.6. The molecular weight excluding hydrogens is 1010 g/mol. The molecule has 0 radical (unpaired) electrons. The van der Waals surface area contributed by atoms with Gasteiger partial charge in [-0.1, -0.05) is 113 Å². The standard InChI is InChI=1S/C54H78N14O6.2ClH/c1-33(55-9)47(69)61-45(53(3,4)5)51(73)59-43(49(71)57-41-25-17-21-35-19-11-13-23-39(35)41)29-37-31-67(65-63-37)27-15-16-28-68-32-38(64-66-68)30-44(50(72)58-42-26-18-22-36-20-12-14-24-40(36)42)60-52(74)46(54(6,7)8)62-48(70)34(2)56-10;;/h11-16,19-20,23-24,31-34,41-46,55-56H,17-18,21-22,25-30H2,1-10H3,(H,57,71)(H,58,72)(H,59,73)(H,60,74)(H,61,69)(H,62,70);2*1H/b16-15-;;/t33-,34-,41+,42?,43-,44-,45+,46?;;/m0../s1. The fourth-order valence-electron chi connectivity index (χ4n) is 9.25. The molecule has 2 unspecified atom stereocenters. The van der Waals surface area contributed by atoms with Crippen molar-refractivity contribution in [2.24, 2.45) is 10.8 Å². The number of benzene rings is 2. The van der Waals surface area contributed by atoms with Crippen molar-refractivity contribution in [1.29, 1.82) is 0 Å². The number of amides is 6. The van der Waals surface area contributed by atoms with E-state index in [2.05, 4.69) is 75.3 Å². The number of aryl methyl sites for hydroxylation is 2. The molecule has 0 aliphatic heterocycles. The zero-order chi connectivity index (χ0) is 53.7. The van der Waals surface area contributed by atoms with E-state index < -0.39 is 58.9 Å². The highest BCUT2D eigenvalue weighted by Crippen LogP contribution is 2.31. The van der Waals surface area contributed by atoms with E-state index in [0.717, 1.165) is 49.7 Å². The third-order valence-electron chi connectivity index (χ3n) is 13.9. The summed E-state index contributed by atoms with van der Waals surface area (Å²) in [5.74, 6) is -2.40. The molecule has 0 spiro atoms. The van der Waals surface area contributed by atoms with Gasteiger partial charge in [0.25, 0.3) is 0 Å². The van der Waals surface area contributed by atoms with Crippen molar-refractivity contribution in [2.45, 2.75) is 168 Å². The second-order valence-electron chi connectivity index (χ2n) is 21.8. The summed E-state index contributed by atoms with van der Waals surface area (Å²) in [4.78, 5) is 82.4. The molecule has 8 atom stereocenters. The monoisotopic (exact) mass is 1090 g/mol. The predicted molar refractivity (Wildman–Crippen MR) is 295 cm³/mol. The minimum absolute atomic E-state index is 0. The number of likely N-dealkylation sites (N-methyl/N-ethyl adjacent to an activating group) is 2. The van der Waals surface area contributed by atoms with Gasteiger partial charge in [0.2, 0.25) is 35.4 Å². The van der Waals surface area contributed by atoms with Crippen LogP contribution in [0.1, 0.15) is 127 Å². The average molecular weight is 1090 g/mol. The van der Waals surface area contributed by atoms with Crippen molar-refractivity contribution in [3.05, 3.63) is 107 Å². The summed E-state index contributed by atoms with van der Waals surface area (Å²) in [5, 5.41) is 41.2. The molecule has 2 aromatic heterocycles. The van der Waals surface area contributed by atoms with Crippen molar-refractivity contribution in [3.63, 3.8) is 0 Å². The summed E-state index contributed by atoms with van der Waals surface area (Å²) in [6.45, 7) is 15.2. The largest absolute Gasteiger partial charge is 0.347 e. The molecule has 22 heteroatoms. The Morgan fingerprint density at radius 2 is 0.934 bits per heavy atom. The Kier molecular flexibility index (Phi) is 23.2. The minimum atomic E-state index is -1.03. The normalized spacial score (nSPS) is 17.6. The lowest BCUT2D eigenvalue weighted by molar-refractivity contribution is -0.135. The fraction of sp³-hybridized carbons (Fsp3) is 0.556. The molecule has 4 aromatic rings. The molecule has 20 nitrogen and oxygen atoms in total. The van der Waals surface area contributed by atoms with Gasteiger partial charge in [-0.25, -0.2) is 9.36 Å². The predicted octanol–water partition coefficient (Wildman–Crippen LogP) is 3.69. The molecule has 2 aromatic carbocycles. The molecule has 6 rings (SSSR count). The first-order valence-electron chi connectivity index (χ1n) is 25.9. The number of hydrogen-bond donors (Lipinski definition) is 8. The van der Waals surface area contributed by atoms with Gasteiger partial charge in [0.05, 0.1) is 48.6 Å². The first-order valence-corrected chi connectivity index (χ1v) is 25.9. The van der Waals surface area contributed by atoms with Gasteiger partial charge in [0.15, 0.2) is 0 Å². The van der Waals surface area contributed by atoms with Crippen LogP contribution < -0.4 is 42.5 Å². The van der Waals surface area contributed by atoms with Gasteiger partial charge in [-0.2, -0.15) is 0 Å². The Balaban J connectivity index is 0.00000624. The van der Waals surface area contributed by atoms with Crippen LogP contribution in [0.5, 0.6) is 0 Å². The number of fused-ring (bicyclic) bond motifs is 2. The Morgan fingerprint density at radius 3 is 1.29 bits per heavy atom. The number of nitrogens with one attached hydrogen (secondary N) is 8. The van der Waals surface area contributed by atoms with Crippen LogP contribution in [0.15, 0.2) is 73.1 Å². The summed E-state index contributed by atoms with van der Waals surface area (Å²) < 4.78 is 3.24. The van der Waals surface area contributed by atoms with E-state index in [1.165, 1.54) is 11.1 Å². The molecule has 0 saturated carbocycles. The average Bonchev–Trinajstić information content (AvgIpc) is 4.03. The van der Waals surface area contributed by atoms with E-state index >= 15 is 0 Å². The third-order valence-corrected chi connectivity index (χ3v) is 13.9. The summed E-state index contributed by atoms with van der Waals surface area (Å²) >= 11 is 0. The molecule has 0 fully saturated rings. The number of carbonyl (C=O) groups is 6.